The van der Waals surface area contributed by atoms with Gasteiger partial charge in [-0.15, -0.1) is 0 Å². The van der Waals surface area contributed by atoms with Crippen LogP contribution in [0.5, 0.6) is 0 Å². The molecule has 0 aliphatic heterocycles. The summed E-state index contributed by atoms with van der Waals surface area (Å²) in [6.07, 6.45) is 0. The van der Waals surface area contributed by atoms with E-state index in [-0.39, 0.29) is 5.41 Å². The molecule has 302 valence electrons. The zero-order valence-corrected chi connectivity index (χ0v) is 35.5. The third-order valence-electron chi connectivity index (χ3n) is 12.9. The molecule has 0 atom stereocenters. The number of furan rings is 1. The fourth-order valence-electron chi connectivity index (χ4n) is 9.72. The van der Waals surface area contributed by atoms with E-state index >= 15 is 0 Å². The highest BCUT2D eigenvalue weighted by Gasteiger charge is 2.37. The van der Waals surface area contributed by atoms with Crippen LogP contribution in [0.3, 0.4) is 0 Å². The second-order valence-corrected chi connectivity index (χ2v) is 17.2. The van der Waals surface area contributed by atoms with Crippen molar-refractivity contribution in [2.75, 3.05) is 0 Å². The normalized spacial score (nSPS) is 12.7. The zero-order valence-electron chi connectivity index (χ0n) is 35.5. The van der Waals surface area contributed by atoms with Crippen LogP contribution in [0.25, 0.3) is 112 Å². The van der Waals surface area contributed by atoms with Crippen molar-refractivity contribution >= 4 is 21.9 Å². The number of nitrogens with zero attached hydrogens (tertiary/aromatic N) is 3. The first-order chi connectivity index (χ1) is 31.5. The quantitative estimate of drug-likeness (QED) is 0.161. The SMILES string of the molecule is CC1(C)c2ccccc2-c2c(-c3nc(-c4ccccc4)nc(-c4cc(-c5ccccc5)cc(-c5ccc6c(c5)oc5cccc(-c7ccc(-c8ccccc8)cc7)c56)c4)n3)cccc21. The molecule has 0 saturated heterocycles. The van der Waals surface area contributed by atoms with E-state index in [0.717, 1.165) is 72.0 Å². The summed E-state index contributed by atoms with van der Waals surface area (Å²) in [4.78, 5) is 15.8. The van der Waals surface area contributed by atoms with E-state index in [4.69, 9.17) is 19.4 Å². The van der Waals surface area contributed by atoms with Crippen LogP contribution in [-0.4, -0.2) is 15.0 Å². The Bertz CT molecular complexity index is 3560. The largest absolute Gasteiger partial charge is 0.456 e. The summed E-state index contributed by atoms with van der Waals surface area (Å²) in [5, 5.41) is 2.19. The lowest BCUT2D eigenvalue weighted by Crippen LogP contribution is -2.14. The predicted octanol–water partition coefficient (Wildman–Crippen LogP) is 15.7. The fraction of sp³-hybridized carbons (Fsp3) is 0.0500. The predicted molar refractivity (Wildman–Crippen MR) is 263 cm³/mol. The Morgan fingerprint density at radius 3 is 1.56 bits per heavy atom. The third kappa shape index (κ3) is 6.34. The molecule has 0 unspecified atom stereocenters. The molecule has 0 fully saturated rings. The maximum absolute atomic E-state index is 6.67. The Hall–Kier alpha value is -8.21. The molecule has 4 heteroatoms. The Morgan fingerprint density at radius 2 is 0.828 bits per heavy atom. The maximum atomic E-state index is 6.67. The summed E-state index contributed by atoms with van der Waals surface area (Å²) in [6.45, 7) is 4.61. The van der Waals surface area contributed by atoms with Crippen LogP contribution in [0, 0.1) is 0 Å². The van der Waals surface area contributed by atoms with Gasteiger partial charge in [0, 0.05) is 32.9 Å². The fourth-order valence-corrected chi connectivity index (χ4v) is 9.72. The first-order valence-electron chi connectivity index (χ1n) is 21.8. The molecular formula is C60H41N3O. The summed E-state index contributed by atoms with van der Waals surface area (Å²) >= 11 is 0. The topological polar surface area (TPSA) is 51.8 Å². The Labute approximate surface area is 372 Å². The van der Waals surface area contributed by atoms with E-state index in [1.165, 1.54) is 33.4 Å². The minimum absolute atomic E-state index is 0.157. The van der Waals surface area contributed by atoms with Gasteiger partial charge in [-0.05, 0) is 103 Å². The van der Waals surface area contributed by atoms with Gasteiger partial charge in [0.1, 0.15) is 11.2 Å². The van der Waals surface area contributed by atoms with Crippen LogP contribution in [0.1, 0.15) is 25.0 Å². The Kier molecular flexibility index (Phi) is 8.80. The average Bonchev–Trinajstić information content (AvgIpc) is 3.86. The highest BCUT2D eigenvalue weighted by atomic mass is 16.3. The van der Waals surface area contributed by atoms with Gasteiger partial charge < -0.3 is 4.42 Å². The van der Waals surface area contributed by atoms with Crippen molar-refractivity contribution in [3.05, 3.63) is 223 Å². The highest BCUT2D eigenvalue weighted by Crippen LogP contribution is 2.52. The van der Waals surface area contributed by atoms with Gasteiger partial charge in [-0.3, -0.25) is 0 Å². The summed E-state index contributed by atoms with van der Waals surface area (Å²) in [6, 6.07) is 74.9. The average molecular weight is 820 g/mol. The van der Waals surface area contributed by atoms with Gasteiger partial charge in [-0.2, -0.15) is 0 Å². The first-order valence-corrected chi connectivity index (χ1v) is 21.8. The monoisotopic (exact) mass is 819 g/mol. The van der Waals surface area contributed by atoms with E-state index in [2.05, 4.69) is 208 Å². The molecule has 0 amide bonds. The van der Waals surface area contributed by atoms with Crippen LogP contribution in [0.15, 0.2) is 217 Å². The van der Waals surface area contributed by atoms with Crippen LogP contribution in [0.2, 0.25) is 0 Å². The van der Waals surface area contributed by atoms with Crippen LogP contribution in [0.4, 0.5) is 0 Å². The smallest absolute Gasteiger partial charge is 0.164 e. The number of hydrogen-bond donors (Lipinski definition) is 0. The van der Waals surface area contributed by atoms with Crippen LogP contribution in [-0.2, 0) is 5.41 Å². The van der Waals surface area contributed by atoms with Crippen molar-refractivity contribution in [1.29, 1.82) is 0 Å². The van der Waals surface area contributed by atoms with Crippen molar-refractivity contribution in [2.24, 2.45) is 0 Å². The van der Waals surface area contributed by atoms with Gasteiger partial charge >= 0.3 is 0 Å². The number of benzene rings is 9. The van der Waals surface area contributed by atoms with Crippen molar-refractivity contribution in [2.45, 2.75) is 19.3 Å². The van der Waals surface area contributed by atoms with Crippen molar-refractivity contribution in [3.8, 4) is 89.8 Å². The maximum Gasteiger partial charge on any atom is 0.164 e. The molecule has 0 bridgehead atoms. The standard InChI is InChI=1S/C60H41N3O/c1-60(2)51-25-13-12-22-48(51)55-50(24-14-26-52(55)60)59-62-57(42-20-10-5-11-21-42)61-58(63-59)46-35-44(39-18-8-4-9-19-39)34-45(36-46)43-32-33-49-54(37-43)64-53-27-15-23-47(56(49)53)41-30-28-40(29-31-41)38-16-6-3-7-17-38/h3-37H,1-2H3. The molecule has 12 rings (SSSR count). The highest BCUT2D eigenvalue weighted by molar-refractivity contribution is 6.13. The number of fused-ring (bicyclic) bond motifs is 6. The molecular weight excluding hydrogens is 779 g/mol. The van der Waals surface area contributed by atoms with E-state index in [9.17, 15) is 0 Å². The van der Waals surface area contributed by atoms with Crippen molar-refractivity contribution in [3.63, 3.8) is 0 Å². The first kappa shape index (κ1) is 37.5. The lowest BCUT2D eigenvalue weighted by molar-refractivity contribution is 0.660. The summed E-state index contributed by atoms with van der Waals surface area (Å²) in [7, 11) is 0. The molecule has 2 aromatic heterocycles. The van der Waals surface area contributed by atoms with Crippen LogP contribution >= 0.6 is 0 Å². The number of aromatic nitrogens is 3. The molecule has 1 aliphatic rings. The molecule has 9 aromatic carbocycles. The Balaban J connectivity index is 1.01. The molecule has 0 spiro atoms. The van der Waals surface area contributed by atoms with Gasteiger partial charge in [0.2, 0.25) is 0 Å². The molecule has 2 heterocycles. The molecule has 4 nitrogen and oxygen atoms in total. The summed E-state index contributed by atoms with van der Waals surface area (Å²) in [5.41, 5.74) is 18.3. The zero-order chi connectivity index (χ0) is 42.8. The molecule has 0 saturated carbocycles. The van der Waals surface area contributed by atoms with E-state index in [1.54, 1.807) is 0 Å². The van der Waals surface area contributed by atoms with E-state index in [1.807, 2.05) is 18.2 Å². The lowest BCUT2D eigenvalue weighted by Gasteiger charge is -2.21. The second kappa shape index (κ2) is 15.0. The lowest BCUT2D eigenvalue weighted by atomic mass is 9.82. The van der Waals surface area contributed by atoms with E-state index < -0.39 is 0 Å². The minimum Gasteiger partial charge on any atom is -0.456 e. The van der Waals surface area contributed by atoms with Gasteiger partial charge in [-0.1, -0.05) is 190 Å². The second-order valence-electron chi connectivity index (χ2n) is 17.2. The molecule has 0 N–H and O–H groups in total. The van der Waals surface area contributed by atoms with Gasteiger partial charge in [0.05, 0.1) is 0 Å². The molecule has 11 aromatic rings. The van der Waals surface area contributed by atoms with Gasteiger partial charge in [-0.25, -0.2) is 15.0 Å². The van der Waals surface area contributed by atoms with Gasteiger partial charge in [0.25, 0.3) is 0 Å². The molecule has 64 heavy (non-hydrogen) atoms. The van der Waals surface area contributed by atoms with Crippen LogP contribution < -0.4 is 0 Å². The Morgan fingerprint density at radius 1 is 0.328 bits per heavy atom. The van der Waals surface area contributed by atoms with Crippen molar-refractivity contribution in [1.82, 2.24) is 15.0 Å². The van der Waals surface area contributed by atoms with Crippen molar-refractivity contribution < 1.29 is 4.42 Å². The minimum atomic E-state index is -0.157. The number of rotatable bonds is 7. The van der Waals surface area contributed by atoms with Gasteiger partial charge in [0.15, 0.2) is 17.5 Å². The van der Waals surface area contributed by atoms with E-state index in [0.29, 0.717) is 17.5 Å². The summed E-state index contributed by atoms with van der Waals surface area (Å²) < 4.78 is 6.67. The number of hydrogen-bond acceptors (Lipinski definition) is 4. The molecule has 1 aliphatic carbocycles. The molecule has 0 radical (unpaired) electrons. The third-order valence-corrected chi connectivity index (χ3v) is 12.9. The summed E-state index contributed by atoms with van der Waals surface area (Å²) in [5.74, 6) is 1.89.